The van der Waals surface area contributed by atoms with Crippen LogP contribution in [0.5, 0.6) is 5.75 Å². The van der Waals surface area contributed by atoms with Crippen molar-refractivity contribution in [2.24, 2.45) is 0 Å². The topological polar surface area (TPSA) is 67.4 Å². The number of hydrogen-bond donors (Lipinski definition) is 2. The molecule has 0 heterocycles. The summed E-state index contributed by atoms with van der Waals surface area (Å²) in [4.78, 5) is 23.9. The zero-order valence-electron chi connectivity index (χ0n) is 13.2. The monoisotopic (exact) mass is 312 g/mol. The zero-order valence-corrected chi connectivity index (χ0v) is 13.2. The smallest absolute Gasteiger partial charge is 0.279 e. The van der Waals surface area contributed by atoms with Gasteiger partial charge in [0.05, 0.1) is 0 Å². The molecule has 2 amide bonds. The van der Waals surface area contributed by atoms with Crippen molar-refractivity contribution < 1.29 is 14.3 Å². The van der Waals surface area contributed by atoms with Gasteiger partial charge in [0, 0.05) is 5.56 Å². The minimum atomic E-state index is -0.722. The molecule has 5 heteroatoms. The molecular weight excluding hydrogens is 292 g/mol. The van der Waals surface area contributed by atoms with Crippen molar-refractivity contribution in [2.45, 2.75) is 26.4 Å². The first-order valence-corrected chi connectivity index (χ1v) is 7.51. The van der Waals surface area contributed by atoms with Gasteiger partial charge in [-0.05, 0) is 43.2 Å². The summed E-state index contributed by atoms with van der Waals surface area (Å²) in [6.07, 6.45) is 0.188. The summed E-state index contributed by atoms with van der Waals surface area (Å²) in [6, 6.07) is 16.3. The van der Waals surface area contributed by atoms with Crippen LogP contribution in [-0.2, 0) is 11.2 Å². The van der Waals surface area contributed by atoms with Crippen LogP contribution in [0.15, 0.2) is 54.6 Å². The molecule has 2 rings (SSSR count). The molecule has 1 unspecified atom stereocenters. The lowest BCUT2D eigenvalue weighted by Gasteiger charge is -2.15. The van der Waals surface area contributed by atoms with E-state index in [1.807, 2.05) is 37.3 Å². The molecule has 0 saturated carbocycles. The third kappa shape index (κ3) is 4.85. The largest absolute Gasteiger partial charge is 0.481 e. The number of aryl methyl sites for hydroxylation is 1. The molecule has 120 valence electrons. The summed E-state index contributed by atoms with van der Waals surface area (Å²) in [7, 11) is 0. The van der Waals surface area contributed by atoms with Crippen LogP contribution in [-0.4, -0.2) is 17.9 Å². The predicted molar refractivity (Wildman–Crippen MR) is 88.0 cm³/mol. The lowest BCUT2D eigenvalue weighted by atomic mass is 10.1. The van der Waals surface area contributed by atoms with E-state index in [1.165, 1.54) is 0 Å². The van der Waals surface area contributed by atoms with Gasteiger partial charge >= 0.3 is 0 Å². The van der Waals surface area contributed by atoms with Crippen molar-refractivity contribution in [3.63, 3.8) is 0 Å². The Morgan fingerprint density at radius 2 is 1.65 bits per heavy atom. The van der Waals surface area contributed by atoms with E-state index in [9.17, 15) is 9.59 Å². The first-order valence-electron chi connectivity index (χ1n) is 7.51. The van der Waals surface area contributed by atoms with Crippen LogP contribution in [0.2, 0.25) is 0 Å². The average molecular weight is 312 g/mol. The summed E-state index contributed by atoms with van der Waals surface area (Å²) >= 11 is 0. The Bertz CT molecular complexity index is 654. The number of hydrogen-bond acceptors (Lipinski definition) is 3. The maximum absolute atomic E-state index is 12.0. The highest BCUT2D eigenvalue weighted by Gasteiger charge is 2.15. The van der Waals surface area contributed by atoms with Gasteiger partial charge in [-0.3, -0.25) is 20.4 Å². The lowest BCUT2D eigenvalue weighted by Crippen LogP contribution is -2.47. The highest BCUT2D eigenvalue weighted by Crippen LogP contribution is 2.10. The Balaban J connectivity index is 1.84. The van der Waals surface area contributed by atoms with Crippen molar-refractivity contribution in [3.05, 3.63) is 65.7 Å². The van der Waals surface area contributed by atoms with Crippen LogP contribution in [0.4, 0.5) is 0 Å². The number of carbonyl (C=O) groups excluding carboxylic acids is 2. The highest BCUT2D eigenvalue weighted by atomic mass is 16.5. The fourth-order valence-corrected chi connectivity index (χ4v) is 1.94. The van der Waals surface area contributed by atoms with E-state index in [0.717, 1.165) is 12.0 Å². The van der Waals surface area contributed by atoms with Gasteiger partial charge in [0.1, 0.15) is 5.75 Å². The number of nitrogens with one attached hydrogen (secondary N) is 2. The van der Waals surface area contributed by atoms with Gasteiger partial charge in [0.25, 0.3) is 11.8 Å². The van der Waals surface area contributed by atoms with Gasteiger partial charge in [-0.25, -0.2) is 0 Å². The maximum atomic E-state index is 12.0. The van der Waals surface area contributed by atoms with Crippen molar-refractivity contribution in [1.29, 1.82) is 0 Å². The van der Waals surface area contributed by atoms with E-state index < -0.39 is 12.0 Å². The number of carbonyl (C=O) groups is 2. The summed E-state index contributed by atoms with van der Waals surface area (Å²) in [5.41, 5.74) is 6.38. The Morgan fingerprint density at radius 1 is 1.00 bits per heavy atom. The molecule has 2 N–H and O–H groups in total. The van der Waals surface area contributed by atoms with Crippen molar-refractivity contribution in [3.8, 4) is 5.75 Å². The molecule has 0 radical (unpaired) electrons. The summed E-state index contributed by atoms with van der Waals surface area (Å²) < 4.78 is 5.48. The number of ether oxygens (including phenoxy) is 1. The molecule has 23 heavy (non-hydrogen) atoms. The van der Waals surface area contributed by atoms with Crippen LogP contribution in [0, 0.1) is 0 Å². The van der Waals surface area contributed by atoms with Gasteiger partial charge in [-0.1, -0.05) is 37.3 Å². The minimum absolute atomic E-state index is 0.368. The quantitative estimate of drug-likeness (QED) is 0.834. The van der Waals surface area contributed by atoms with E-state index in [1.54, 1.807) is 31.2 Å². The van der Waals surface area contributed by atoms with E-state index in [2.05, 4.69) is 10.9 Å². The maximum Gasteiger partial charge on any atom is 0.279 e. The van der Waals surface area contributed by atoms with Gasteiger partial charge in [-0.15, -0.1) is 0 Å². The predicted octanol–water partition coefficient (Wildman–Crippen LogP) is 2.48. The van der Waals surface area contributed by atoms with E-state index in [4.69, 9.17) is 4.74 Å². The van der Waals surface area contributed by atoms with Crippen LogP contribution in [0.1, 0.15) is 29.8 Å². The van der Waals surface area contributed by atoms with Gasteiger partial charge < -0.3 is 4.74 Å². The van der Waals surface area contributed by atoms with Crippen LogP contribution < -0.4 is 15.6 Å². The molecule has 0 fully saturated rings. The Hall–Kier alpha value is -2.82. The molecule has 2 aromatic rings. The third-order valence-electron chi connectivity index (χ3n) is 3.35. The molecule has 0 saturated heterocycles. The van der Waals surface area contributed by atoms with E-state index in [0.29, 0.717) is 11.3 Å². The molecule has 0 aliphatic heterocycles. The average Bonchev–Trinajstić information content (AvgIpc) is 2.60. The second kappa shape index (κ2) is 7.98. The van der Waals surface area contributed by atoms with Crippen LogP contribution >= 0.6 is 0 Å². The van der Waals surface area contributed by atoms with Crippen LogP contribution in [0.25, 0.3) is 0 Å². The van der Waals surface area contributed by atoms with Crippen molar-refractivity contribution in [2.75, 3.05) is 0 Å². The first kappa shape index (κ1) is 16.5. The molecule has 0 aromatic heterocycles. The fourth-order valence-electron chi connectivity index (χ4n) is 1.94. The zero-order chi connectivity index (χ0) is 16.7. The molecule has 1 atom stereocenters. The molecule has 0 aliphatic rings. The minimum Gasteiger partial charge on any atom is -0.481 e. The number of para-hydroxylation sites is 1. The molecule has 2 aromatic carbocycles. The van der Waals surface area contributed by atoms with Gasteiger partial charge in [0.15, 0.2) is 6.10 Å². The SMILES string of the molecule is CCc1ccc(C(=O)NNC(=O)C(C)Oc2ccccc2)cc1. The van der Waals surface area contributed by atoms with Crippen molar-refractivity contribution in [1.82, 2.24) is 10.9 Å². The summed E-state index contributed by atoms with van der Waals surface area (Å²) in [6.45, 7) is 3.66. The fraction of sp³-hybridized carbons (Fsp3) is 0.222. The second-order valence-electron chi connectivity index (χ2n) is 5.07. The summed E-state index contributed by atoms with van der Waals surface area (Å²) in [5, 5.41) is 0. The van der Waals surface area contributed by atoms with E-state index in [-0.39, 0.29) is 5.91 Å². The molecule has 0 spiro atoms. The number of amides is 2. The molecule has 0 bridgehead atoms. The van der Waals surface area contributed by atoms with Crippen molar-refractivity contribution >= 4 is 11.8 Å². The second-order valence-corrected chi connectivity index (χ2v) is 5.07. The molecule has 0 aliphatic carbocycles. The van der Waals surface area contributed by atoms with Crippen LogP contribution in [0.3, 0.4) is 0 Å². The Labute approximate surface area is 135 Å². The number of hydrazine groups is 1. The van der Waals surface area contributed by atoms with E-state index >= 15 is 0 Å². The van der Waals surface area contributed by atoms with Gasteiger partial charge in [-0.2, -0.15) is 0 Å². The van der Waals surface area contributed by atoms with Gasteiger partial charge in [0.2, 0.25) is 0 Å². The summed E-state index contributed by atoms with van der Waals surface area (Å²) in [5.74, 6) is -0.197. The Morgan fingerprint density at radius 3 is 2.26 bits per heavy atom. The first-order chi connectivity index (χ1) is 11.1. The number of benzene rings is 2. The molecular formula is C18H20N2O3. The lowest BCUT2D eigenvalue weighted by molar-refractivity contribution is -0.128. The highest BCUT2D eigenvalue weighted by molar-refractivity contribution is 5.95. The number of rotatable bonds is 5. The Kier molecular flexibility index (Phi) is 5.74. The third-order valence-corrected chi connectivity index (χ3v) is 3.35. The standard InChI is InChI=1S/C18H20N2O3/c1-3-14-9-11-15(12-10-14)18(22)20-19-17(21)13(2)23-16-7-5-4-6-8-16/h4-13H,3H2,1-2H3,(H,19,21)(H,20,22). The normalized spacial score (nSPS) is 11.4. The molecule has 5 nitrogen and oxygen atoms in total.